The van der Waals surface area contributed by atoms with Crippen LogP contribution in [-0.2, 0) is 9.53 Å². The number of hydrogen-bond donors (Lipinski definition) is 4. The monoisotopic (exact) mass is 462 g/mol. The van der Waals surface area contributed by atoms with Gasteiger partial charge in [-0.25, -0.2) is 0 Å². The molecule has 0 saturated heterocycles. The molecule has 33 heavy (non-hydrogen) atoms. The summed E-state index contributed by atoms with van der Waals surface area (Å²) in [4.78, 5) is 11.5. The van der Waals surface area contributed by atoms with Gasteiger partial charge in [-0.1, -0.05) is 37.6 Å². The first-order valence-electron chi connectivity index (χ1n) is 12.0. The number of rotatable bonds is 4. The van der Waals surface area contributed by atoms with Crippen LogP contribution in [-0.4, -0.2) is 68.8 Å². The van der Waals surface area contributed by atoms with E-state index in [1.54, 1.807) is 0 Å². The van der Waals surface area contributed by atoms with Crippen LogP contribution in [0.2, 0.25) is 0 Å². The van der Waals surface area contributed by atoms with Crippen LogP contribution in [0, 0.1) is 34.5 Å². The maximum Gasteiger partial charge on any atom is 0.302 e. The van der Waals surface area contributed by atoms with Crippen molar-refractivity contribution in [1.82, 2.24) is 5.06 Å². The maximum atomic E-state index is 12.1. The molecule has 0 amide bonds. The number of carbonyl (C=O) groups is 1. The Morgan fingerprint density at radius 3 is 2.70 bits per heavy atom. The topological polar surface area (TPSA) is 123 Å². The summed E-state index contributed by atoms with van der Waals surface area (Å²) in [6.07, 6.45) is 7.69. The second-order valence-electron chi connectivity index (χ2n) is 11.2. The highest BCUT2D eigenvalue weighted by molar-refractivity contribution is 6.05. The van der Waals surface area contributed by atoms with E-state index in [2.05, 4.69) is 25.1 Å². The summed E-state index contributed by atoms with van der Waals surface area (Å²) in [6.45, 7) is 7.57. The minimum Gasteiger partial charge on any atom is -0.464 e. The molecule has 4 aliphatic rings. The number of esters is 1. The molecule has 184 valence electrons. The van der Waals surface area contributed by atoms with E-state index in [9.17, 15) is 25.4 Å². The quantitative estimate of drug-likeness (QED) is 0.288. The minimum absolute atomic E-state index is 0.0179. The molecule has 8 nitrogen and oxygen atoms in total. The zero-order valence-corrected chi connectivity index (χ0v) is 20.2. The average Bonchev–Trinajstić information content (AvgIpc) is 2.98. The van der Waals surface area contributed by atoms with Crippen molar-refractivity contribution in [2.45, 2.75) is 71.1 Å². The second-order valence-corrected chi connectivity index (χ2v) is 11.2. The van der Waals surface area contributed by atoms with Gasteiger partial charge < -0.3 is 25.4 Å². The Kier molecular flexibility index (Phi) is 6.05. The van der Waals surface area contributed by atoms with Crippen molar-refractivity contribution in [2.24, 2.45) is 39.7 Å². The predicted molar refractivity (Wildman–Crippen MR) is 122 cm³/mol. The number of aliphatic hydroxyl groups is 2. The fourth-order valence-corrected chi connectivity index (χ4v) is 8.16. The number of hydroxylamine groups is 2. The van der Waals surface area contributed by atoms with E-state index in [0.717, 1.165) is 17.9 Å². The van der Waals surface area contributed by atoms with Crippen LogP contribution in [0.15, 0.2) is 29.0 Å². The zero-order chi connectivity index (χ0) is 24.3. The van der Waals surface area contributed by atoms with Gasteiger partial charge in [-0.2, -0.15) is 5.06 Å². The van der Waals surface area contributed by atoms with Gasteiger partial charge in [-0.05, 0) is 55.6 Å². The lowest BCUT2D eigenvalue weighted by molar-refractivity contribution is -0.236. The number of hydrogen-bond acceptors (Lipinski definition) is 8. The highest BCUT2D eigenvalue weighted by Crippen LogP contribution is 2.68. The molecule has 0 aromatic heterocycles. The predicted octanol–water partition coefficient (Wildman–Crippen LogP) is 2.76. The first kappa shape index (κ1) is 24.4. The molecule has 0 radical (unpaired) electrons. The first-order chi connectivity index (χ1) is 15.4. The smallest absolute Gasteiger partial charge is 0.302 e. The van der Waals surface area contributed by atoms with Crippen LogP contribution in [0.4, 0.5) is 0 Å². The van der Waals surface area contributed by atoms with Crippen molar-refractivity contribution < 1.29 is 30.2 Å². The van der Waals surface area contributed by atoms with Gasteiger partial charge in [0.1, 0.15) is 12.3 Å². The van der Waals surface area contributed by atoms with Gasteiger partial charge in [0.15, 0.2) is 0 Å². The summed E-state index contributed by atoms with van der Waals surface area (Å²) in [7, 11) is 1.47. The summed E-state index contributed by atoms with van der Waals surface area (Å²) in [5, 5.41) is 47.7. The van der Waals surface area contributed by atoms with Crippen LogP contribution in [0.3, 0.4) is 0 Å². The third-order valence-electron chi connectivity index (χ3n) is 9.61. The van der Waals surface area contributed by atoms with Gasteiger partial charge in [-0.15, -0.1) is 0 Å². The summed E-state index contributed by atoms with van der Waals surface area (Å²) in [5.41, 5.74) is -0.622. The molecule has 0 spiro atoms. The minimum atomic E-state index is -1.32. The van der Waals surface area contributed by atoms with Crippen LogP contribution < -0.4 is 0 Å². The van der Waals surface area contributed by atoms with Crippen molar-refractivity contribution >= 4 is 11.7 Å². The normalized spacial score (nSPS) is 46.4. The molecule has 0 aliphatic heterocycles. The molecule has 3 fully saturated rings. The van der Waals surface area contributed by atoms with Crippen molar-refractivity contribution in [3.63, 3.8) is 0 Å². The standard InChI is InChI=1S/C25H38N2O6/c1-14-10-17-18-7-9-25(30,21(27(5)32)13-33-15(2)28)24(18,4)12-20(29)22(17)23(3)8-6-16(26-31)11-19(14)23/h6,8,11,14,17-18,20-22,29-32H,7,9-10,12-13H2,1-5H3/b26-16+/t14-,17-,18-,20-,21?,22+,23-,24-,25-/m0/s1. The van der Waals surface area contributed by atoms with E-state index in [4.69, 9.17) is 4.74 Å². The summed E-state index contributed by atoms with van der Waals surface area (Å²) in [5.74, 6) is 0.0877. The lowest BCUT2D eigenvalue weighted by Gasteiger charge is -2.62. The molecule has 8 heteroatoms. The van der Waals surface area contributed by atoms with E-state index in [0.29, 0.717) is 18.6 Å². The fraction of sp³-hybridized carbons (Fsp3) is 0.760. The molecule has 3 saturated carbocycles. The lowest BCUT2D eigenvalue weighted by atomic mass is 9.44. The van der Waals surface area contributed by atoms with Gasteiger partial charge >= 0.3 is 5.97 Å². The van der Waals surface area contributed by atoms with Gasteiger partial charge in [0, 0.05) is 30.7 Å². The lowest BCUT2D eigenvalue weighted by Crippen LogP contribution is -2.65. The molecule has 9 atom stereocenters. The van der Waals surface area contributed by atoms with Gasteiger partial charge in [0.25, 0.3) is 0 Å². The summed E-state index contributed by atoms with van der Waals surface area (Å²) >= 11 is 0. The molecule has 4 rings (SSSR count). The van der Waals surface area contributed by atoms with E-state index in [-0.39, 0.29) is 35.7 Å². The van der Waals surface area contributed by atoms with Crippen LogP contribution >= 0.6 is 0 Å². The van der Waals surface area contributed by atoms with Crippen molar-refractivity contribution in [3.05, 3.63) is 23.8 Å². The van der Waals surface area contributed by atoms with Crippen LogP contribution in [0.25, 0.3) is 0 Å². The van der Waals surface area contributed by atoms with Crippen molar-refractivity contribution in [1.29, 1.82) is 0 Å². The highest BCUT2D eigenvalue weighted by Gasteiger charge is 2.68. The second kappa shape index (κ2) is 8.18. The van der Waals surface area contributed by atoms with Crippen LogP contribution in [0.1, 0.15) is 53.4 Å². The van der Waals surface area contributed by atoms with Gasteiger partial charge in [-0.3, -0.25) is 4.79 Å². The highest BCUT2D eigenvalue weighted by atomic mass is 16.5. The largest absolute Gasteiger partial charge is 0.464 e. The number of allylic oxidation sites excluding steroid dienone is 4. The number of oxime groups is 1. The Hall–Kier alpha value is -1.74. The SMILES string of the molecule is CC(=O)OCC(N(C)O)[C@@]1(O)CC[C@H]2[C@@H]3C[C@H](C)C4=C/C(=N/O)C=C[C@]4(C)[C@H]3[C@@H](O)C[C@@]21C. The number of carbonyl (C=O) groups excluding carboxylic acids is 1. The van der Waals surface area contributed by atoms with Crippen molar-refractivity contribution in [2.75, 3.05) is 13.7 Å². The average molecular weight is 463 g/mol. The molecule has 0 heterocycles. The molecule has 4 N–H and O–H groups in total. The molecule has 0 aromatic rings. The van der Waals surface area contributed by atoms with E-state index in [1.165, 1.54) is 19.5 Å². The molecular weight excluding hydrogens is 424 g/mol. The number of ether oxygens (including phenoxy) is 1. The number of fused-ring (bicyclic) bond motifs is 5. The maximum absolute atomic E-state index is 12.1. The van der Waals surface area contributed by atoms with E-state index < -0.39 is 29.1 Å². The Bertz CT molecular complexity index is 899. The van der Waals surface area contributed by atoms with Crippen LogP contribution in [0.5, 0.6) is 0 Å². The third kappa shape index (κ3) is 3.49. The number of aliphatic hydroxyl groups excluding tert-OH is 1. The Labute approximate surface area is 195 Å². The summed E-state index contributed by atoms with van der Waals surface area (Å²) in [6, 6.07) is -0.787. The molecule has 0 bridgehead atoms. The molecule has 0 aromatic carbocycles. The van der Waals surface area contributed by atoms with E-state index in [1.807, 2.05) is 19.1 Å². The first-order valence-corrected chi connectivity index (χ1v) is 12.0. The molecule has 4 aliphatic carbocycles. The number of nitrogens with zero attached hydrogens (tertiary/aromatic N) is 2. The third-order valence-corrected chi connectivity index (χ3v) is 9.61. The van der Waals surface area contributed by atoms with Gasteiger partial charge in [0.2, 0.25) is 0 Å². The fourth-order valence-electron chi connectivity index (χ4n) is 8.16. The Morgan fingerprint density at radius 1 is 1.39 bits per heavy atom. The van der Waals surface area contributed by atoms with E-state index >= 15 is 0 Å². The molecule has 1 unspecified atom stereocenters. The van der Waals surface area contributed by atoms with Crippen molar-refractivity contribution in [3.8, 4) is 0 Å². The Balaban J connectivity index is 1.72. The van der Waals surface area contributed by atoms with Gasteiger partial charge in [0.05, 0.1) is 17.7 Å². The number of likely N-dealkylation sites (N-methyl/N-ethyl adjacent to an activating group) is 1. The Morgan fingerprint density at radius 2 is 2.09 bits per heavy atom. The molecular formula is C25H38N2O6. The summed E-state index contributed by atoms with van der Waals surface area (Å²) < 4.78 is 5.21. The zero-order valence-electron chi connectivity index (χ0n) is 20.2.